The van der Waals surface area contributed by atoms with Gasteiger partial charge in [-0.05, 0) is 40.2 Å². The van der Waals surface area contributed by atoms with Gasteiger partial charge in [-0.25, -0.2) is 9.37 Å². The van der Waals surface area contributed by atoms with Gasteiger partial charge in [-0.15, -0.1) is 0 Å². The number of alkyl halides is 3. The van der Waals surface area contributed by atoms with Crippen molar-refractivity contribution in [2.45, 2.75) is 16.1 Å². The van der Waals surface area contributed by atoms with Crippen molar-refractivity contribution in [2.75, 3.05) is 0 Å². The molecule has 2 nitrogen and oxygen atoms in total. The van der Waals surface area contributed by atoms with E-state index in [9.17, 15) is 17.6 Å². The number of hydrogen-bond donors (Lipinski definition) is 0. The first-order valence-corrected chi connectivity index (χ1v) is 7.03. The minimum absolute atomic E-state index is 0.0157. The van der Waals surface area contributed by atoms with Gasteiger partial charge in [-0.3, -0.25) is 0 Å². The van der Waals surface area contributed by atoms with E-state index in [0.29, 0.717) is 6.20 Å². The number of rotatable bonds is 2. The molecule has 2 rings (SSSR count). The predicted molar refractivity (Wildman–Crippen MR) is 72.2 cm³/mol. The Hall–Kier alpha value is -1.59. The van der Waals surface area contributed by atoms with Gasteiger partial charge < -0.3 is 0 Å². The fourth-order valence-electron chi connectivity index (χ4n) is 1.42. The summed E-state index contributed by atoms with van der Waals surface area (Å²) < 4.78 is 51.2. The summed E-state index contributed by atoms with van der Waals surface area (Å²) in [7, 11) is 0. The standard InChI is InChI=1S/C13H5BrF4N2S/c14-11-7(5-19)1-3-9(12(11)15)21-10-4-2-8(6-20-10)13(16,17)18/h1-4,6H. The lowest BCUT2D eigenvalue weighted by Crippen LogP contribution is -2.05. The molecule has 0 aliphatic carbocycles. The number of nitrogens with zero attached hydrogens (tertiary/aromatic N) is 2. The Bertz CT molecular complexity index is 708. The molecule has 21 heavy (non-hydrogen) atoms. The summed E-state index contributed by atoms with van der Waals surface area (Å²) in [5.74, 6) is -0.652. The minimum atomic E-state index is -4.46. The molecule has 0 N–H and O–H groups in total. The highest BCUT2D eigenvalue weighted by molar-refractivity contribution is 9.10. The first-order valence-electron chi connectivity index (χ1n) is 5.42. The first-order chi connectivity index (χ1) is 9.82. The molecule has 1 heterocycles. The third-order valence-electron chi connectivity index (χ3n) is 2.45. The quantitative estimate of drug-likeness (QED) is 0.690. The summed E-state index contributed by atoms with van der Waals surface area (Å²) in [5.41, 5.74) is -0.731. The van der Waals surface area contributed by atoms with Crippen molar-refractivity contribution in [1.82, 2.24) is 4.98 Å². The summed E-state index contributed by atoms with van der Waals surface area (Å²) in [5, 5.41) is 8.98. The van der Waals surface area contributed by atoms with E-state index in [1.807, 2.05) is 6.07 Å². The lowest BCUT2D eigenvalue weighted by molar-refractivity contribution is -0.137. The molecule has 0 spiro atoms. The van der Waals surface area contributed by atoms with Crippen molar-refractivity contribution in [3.63, 3.8) is 0 Å². The molecule has 1 aromatic carbocycles. The Balaban J connectivity index is 2.27. The average Bonchev–Trinajstić information content (AvgIpc) is 2.44. The SMILES string of the molecule is N#Cc1ccc(Sc2ccc(C(F)(F)F)cn2)c(F)c1Br. The monoisotopic (exact) mass is 376 g/mol. The summed E-state index contributed by atoms with van der Waals surface area (Å²) in [6, 6.07) is 6.65. The minimum Gasteiger partial charge on any atom is -0.249 e. The van der Waals surface area contributed by atoms with Crippen LogP contribution in [0, 0.1) is 17.1 Å². The molecule has 8 heteroatoms. The molecule has 0 amide bonds. The van der Waals surface area contributed by atoms with Gasteiger partial charge in [0.1, 0.15) is 11.1 Å². The van der Waals surface area contributed by atoms with Crippen molar-refractivity contribution in [1.29, 1.82) is 5.26 Å². The Morgan fingerprint density at radius 1 is 1.19 bits per heavy atom. The largest absolute Gasteiger partial charge is 0.417 e. The maximum absolute atomic E-state index is 14.0. The molecule has 0 bridgehead atoms. The third kappa shape index (κ3) is 3.54. The zero-order chi connectivity index (χ0) is 15.6. The van der Waals surface area contributed by atoms with Gasteiger partial charge >= 0.3 is 6.18 Å². The molecule has 0 unspecified atom stereocenters. The van der Waals surface area contributed by atoms with Crippen LogP contribution in [0.15, 0.2) is 44.9 Å². The third-order valence-corrected chi connectivity index (χ3v) is 4.21. The van der Waals surface area contributed by atoms with Crippen LogP contribution < -0.4 is 0 Å². The smallest absolute Gasteiger partial charge is 0.249 e. The second kappa shape index (κ2) is 6.03. The number of pyridine rings is 1. The van der Waals surface area contributed by atoms with Crippen molar-refractivity contribution < 1.29 is 17.6 Å². The van der Waals surface area contributed by atoms with Gasteiger partial charge in [-0.2, -0.15) is 18.4 Å². The number of hydrogen-bond acceptors (Lipinski definition) is 3. The van der Waals surface area contributed by atoms with Crippen molar-refractivity contribution in [3.8, 4) is 6.07 Å². The zero-order valence-corrected chi connectivity index (χ0v) is 12.5. The molecule has 0 atom stereocenters. The molecule has 0 fully saturated rings. The van der Waals surface area contributed by atoms with Gasteiger partial charge in [0.2, 0.25) is 0 Å². The summed E-state index contributed by atoms with van der Waals surface area (Å²) in [6.45, 7) is 0. The van der Waals surface area contributed by atoms with Crippen LogP contribution in [0.2, 0.25) is 0 Å². The predicted octanol–water partition coefficient (Wildman–Crippen LogP) is 5.02. The van der Waals surface area contributed by atoms with Crippen LogP contribution in [0.5, 0.6) is 0 Å². The van der Waals surface area contributed by atoms with E-state index in [2.05, 4.69) is 20.9 Å². The molecule has 0 aliphatic rings. The van der Waals surface area contributed by atoms with E-state index in [1.54, 1.807) is 0 Å². The molecular weight excluding hydrogens is 372 g/mol. The van der Waals surface area contributed by atoms with Crippen LogP contribution in [0.25, 0.3) is 0 Å². The molecule has 0 radical (unpaired) electrons. The lowest BCUT2D eigenvalue weighted by Gasteiger charge is -2.08. The summed E-state index contributed by atoms with van der Waals surface area (Å²) >= 11 is 3.84. The van der Waals surface area contributed by atoms with Gasteiger partial charge in [0.15, 0.2) is 5.82 Å². The molecule has 2 aromatic rings. The van der Waals surface area contributed by atoms with Crippen molar-refractivity contribution in [3.05, 3.63) is 51.9 Å². The van der Waals surface area contributed by atoms with E-state index >= 15 is 0 Å². The number of halogens is 5. The first kappa shape index (κ1) is 15.8. The topological polar surface area (TPSA) is 36.7 Å². The van der Waals surface area contributed by atoms with Gasteiger partial charge in [0.25, 0.3) is 0 Å². The molecule has 0 saturated carbocycles. The fourth-order valence-corrected chi connectivity index (χ4v) is 2.78. The second-order valence-corrected chi connectivity index (χ2v) is 5.69. The Kier molecular flexibility index (Phi) is 4.54. The molecule has 1 aromatic heterocycles. The molecule has 108 valence electrons. The lowest BCUT2D eigenvalue weighted by atomic mass is 10.2. The van der Waals surface area contributed by atoms with Crippen molar-refractivity contribution in [2.24, 2.45) is 0 Å². The maximum Gasteiger partial charge on any atom is 0.417 e. The van der Waals surface area contributed by atoms with E-state index in [4.69, 9.17) is 5.26 Å². The van der Waals surface area contributed by atoms with Gasteiger partial charge in [-0.1, -0.05) is 11.8 Å². The van der Waals surface area contributed by atoms with Gasteiger partial charge in [0.05, 0.1) is 20.5 Å². The van der Waals surface area contributed by atoms with E-state index in [1.165, 1.54) is 18.2 Å². The molecule has 0 saturated heterocycles. The number of nitriles is 1. The van der Waals surface area contributed by atoms with Crippen LogP contribution in [0.1, 0.15) is 11.1 Å². The Morgan fingerprint density at radius 3 is 2.43 bits per heavy atom. The highest BCUT2D eigenvalue weighted by Crippen LogP contribution is 2.35. The number of benzene rings is 1. The van der Waals surface area contributed by atoms with Crippen LogP contribution in [-0.2, 0) is 6.18 Å². The Labute approximate surface area is 129 Å². The molecular formula is C13H5BrF4N2S. The second-order valence-electron chi connectivity index (χ2n) is 3.84. The highest BCUT2D eigenvalue weighted by Gasteiger charge is 2.30. The fraction of sp³-hybridized carbons (Fsp3) is 0.0769. The summed E-state index contributed by atoms with van der Waals surface area (Å²) in [6.07, 6.45) is -3.77. The average molecular weight is 377 g/mol. The van der Waals surface area contributed by atoms with E-state index in [-0.39, 0.29) is 20.0 Å². The van der Waals surface area contributed by atoms with E-state index < -0.39 is 17.6 Å². The van der Waals surface area contributed by atoms with Crippen LogP contribution in [0.3, 0.4) is 0 Å². The number of aromatic nitrogens is 1. The van der Waals surface area contributed by atoms with E-state index in [0.717, 1.165) is 17.8 Å². The summed E-state index contributed by atoms with van der Waals surface area (Å²) in [4.78, 5) is 3.81. The highest BCUT2D eigenvalue weighted by atomic mass is 79.9. The normalized spacial score (nSPS) is 11.2. The molecule has 0 aliphatic heterocycles. The van der Waals surface area contributed by atoms with Crippen LogP contribution >= 0.6 is 27.7 Å². The van der Waals surface area contributed by atoms with Gasteiger partial charge in [0, 0.05) is 6.20 Å². The maximum atomic E-state index is 14.0. The van der Waals surface area contributed by atoms with Crippen molar-refractivity contribution >= 4 is 27.7 Å². The van der Waals surface area contributed by atoms with Crippen LogP contribution in [-0.4, -0.2) is 4.98 Å². The van der Waals surface area contributed by atoms with Crippen LogP contribution in [0.4, 0.5) is 17.6 Å². The zero-order valence-electron chi connectivity index (χ0n) is 10.1. The Morgan fingerprint density at radius 2 is 1.90 bits per heavy atom.